The quantitative estimate of drug-likeness (QED) is 0.588. The zero-order valence-corrected chi connectivity index (χ0v) is 6.53. The van der Waals surface area contributed by atoms with E-state index in [1.807, 2.05) is 0 Å². The van der Waals surface area contributed by atoms with Gasteiger partial charge < -0.3 is 15.8 Å². The van der Waals surface area contributed by atoms with E-state index in [1.54, 1.807) is 6.20 Å². The minimum absolute atomic E-state index is 0.345. The van der Waals surface area contributed by atoms with Gasteiger partial charge in [0.15, 0.2) is 0 Å². The average Bonchev–Trinajstić information content (AvgIpc) is 2.51. The fourth-order valence-corrected chi connectivity index (χ4v) is 1.01. The number of aromatic nitrogens is 2. The lowest BCUT2D eigenvalue weighted by molar-refractivity contribution is -0.139. The molecule has 0 amide bonds. The Hall–Kier alpha value is -1.36. The molecule has 12 heavy (non-hydrogen) atoms. The second-order valence-corrected chi connectivity index (χ2v) is 2.44. The molecule has 5 heteroatoms. The third-order valence-corrected chi connectivity index (χ3v) is 1.60. The first-order valence-corrected chi connectivity index (χ1v) is 3.68. The summed E-state index contributed by atoms with van der Waals surface area (Å²) >= 11 is 0. The first kappa shape index (κ1) is 8.73. The second kappa shape index (κ2) is 3.87. The molecule has 0 saturated carbocycles. The van der Waals surface area contributed by atoms with E-state index in [9.17, 15) is 4.79 Å². The maximum atomic E-state index is 10.7. The predicted octanol–water partition coefficient (Wildman–Crippen LogP) is -0.0733. The van der Waals surface area contributed by atoms with Crippen molar-refractivity contribution in [1.82, 2.24) is 9.97 Å². The number of hydrogen-bond donors (Lipinski definition) is 3. The van der Waals surface area contributed by atoms with Gasteiger partial charge in [0.2, 0.25) is 0 Å². The van der Waals surface area contributed by atoms with Crippen molar-refractivity contribution in [2.75, 3.05) is 6.54 Å². The van der Waals surface area contributed by atoms with E-state index in [1.165, 1.54) is 6.20 Å². The number of aliphatic carboxylic acids is 1. The smallest absolute Gasteiger partial charge is 0.314 e. The van der Waals surface area contributed by atoms with Gasteiger partial charge in [0.1, 0.15) is 11.7 Å². The van der Waals surface area contributed by atoms with Crippen LogP contribution in [0, 0.1) is 0 Å². The van der Waals surface area contributed by atoms with Gasteiger partial charge in [-0.3, -0.25) is 4.79 Å². The Morgan fingerprint density at radius 3 is 3.00 bits per heavy atom. The summed E-state index contributed by atoms with van der Waals surface area (Å²) in [6, 6.07) is 0. The van der Waals surface area contributed by atoms with E-state index in [4.69, 9.17) is 10.8 Å². The molecule has 0 radical (unpaired) electrons. The van der Waals surface area contributed by atoms with Crippen molar-refractivity contribution in [3.63, 3.8) is 0 Å². The lowest BCUT2D eigenvalue weighted by Crippen LogP contribution is -2.17. The summed E-state index contributed by atoms with van der Waals surface area (Å²) in [6.07, 6.45) is 3.53. The Bertz CT molecular complexity index is 245. The lowest BCUT2D eigenvalue weighted by Gasteiger charge is -2.06. The normalized spacial score (nSPS) is 12.8. The molecular formula is C7H11N3O2. The molecule has 0 aromatic carbocycles. The average molecular weight is 169 g/mol. The van der Waals surface area contributed by atoms with Crippen molar-refractivity contribution in [1.29, 1.82) is 0 Å². The summed E-state index contributed by atoms with van der Waals surface area (Å²) in [4.78, 5) is 17.3. The Balaban J connectivity index is 2.73. The summed E-state index contributed by atoms with van der Waals surface area (Å²) in [6.45, 7) is 0.345. The third kappa shape index (κ3) is 1.82. The van der Waals surface area contributed by atoms with Gasteiger partial charge in [-0.25, -0.2) is 4.98 Å². The third-order valence-electron chi connectivity index (χ3n) is 1.60. The Morgan fingerprint density at radius 2 is 2.58 bits per heavy atom. The standard InChI is InChI=1S/C7H11N3O2/c8-2-1-5(7(11)12)6-9-3-4-10-6/h3-5H,1-2,8H2,(H,9,10)(H,11,12). The van der Waals surface area contributed by atoms with Gasteiger partial charge >= 0.3 is 5.97 Å². The van der Waals surface area contributed by atoms with Crippen molar-refractivity contribution in [3.8, 4) is 0 Å². The zero-order valence-electron chi connectivity index (χ0n) is 6.53. The molecule has 66 valence electrons. The van der Waals surface area contributed by atoms with Crippen LogP contribution in [0.1, 0.15) is 18.2 Å². The summed E-state index contributed by atoms with van der Waals surface area (Å²) in [7, 11) is 0. The van der Waals surface area contributed by atoms with Crippen LogP contribution >= 0.6 is 0 Å². The van der Waals surface area contributed by atoms with Crippen LogP contribution in [0.5, 0.6) is 0 Å². The number of hydrogen-bond acceptors (Lipinski definition) is 3. The van der Waals surface area contributed by atoms with Gasteiger partial charge in [-0.2, -0.15) is 0 Å². The number of carbonyl (C=O) groups is 1. The molecule has 0 aliphatic heterocycles. The summed E-state index contributed by atoms with van der Waals surface area (Å²) < 4.78 is 0. The number of carboxylic acid groups (broad SMARTS) is 1. The van der Waals surface area contributed by atoms with Crippen LogP contribution < -0.4 is 5.73 Å². The van der Waals surface area contributed by atoms with E-state index >= 15 is 0 Å². The van der Waals surface area contributed by atoms with Gasteiger partial charge in [-0.15, -0.1) is 0 Å². The van der Waals surface area contributed by atoms with Gasteiger partial charge in [0, 0.05) is 12.4 Å². The largest absolute Gasteiger partial charge is 0.481 e. The van der Waals surface area contributed by atoms with Crippen molar-refractivity contribution in [3.05, 3.63) is 18.2 Å². The van der Waals surface area contributed by atoms with Crippen LogP contribution in [0.4, 0.5) is 0 Å². The van der Waals surface area contributed by atoms with Crippen molar-refractivity contribution in [2.24, 2.45) is 5.73 Å². The Kier molecular flexibility index (Phi) is 2.82. The van der Waals surface area contributed by atoms with Crippen molar-refractivity contribution < 1.29 is 9.90 Å². The number of nitrogens with zero attached hydrogens (tertiary/aromatic N) is 1. The maximum Gasteiger partial charge on any atom is 0.314 e. The predicted molar refractivity (Wildman–Crippen MR) is 42.6 cm³/mol. The van der Waals surface area contributed by atoms with Crippen LogP contribution in [0.2, 0.25) is 0 Å². The summed E-state index contributed by atoms with van der Waals surface area (Å²) in [5.74, 6) is -1.03. The highest BCUT2D eigenvalue weighted by molar-refractivity contribution is 5.74. The van der Waals surface area contributed by atoms with Crippen molar-refractivity contribution >= 4 is 5.97 Å². The number of nitrogens with one attached hydrogen (secondary N) is 1. The molecule has 0 aliphatic carbocycles. The summed E-state index contributed by atoms with van der Waals surface area (Å²) in [5.41, 5.74) is 5.27. The number of imidazole rings is 1. The molecule has 0 saturated heterocycles. The summed E-state index contributed by atoms with van der Waals surface area (Å²) in [5, 5.41) is 8.76. The van der Waals surface area contributed by atoms with E-state index < -0.39 is 11.9 Å². The molecule has 1 unspecified atom stereocenters. The number of H-pyrrole nitrogens is 1. The highest BCUT2D eigenvalue weighted by Gasteiger charge is 2.20. The second-order valence-electron chi connectivity index (χ2n) is 2.44. The molecule has 1 aromatic rings. The molecule has 1 heterocycles. The highest BCUT2D eigenvalue weighted by atomic mass is 16.4. The fourth-order valence-electron chi connectivity index (χ4n) is 1.01. The molecule has 5 nitrogen and oxygen atoms in total. The molecule has 4 N–H and O–H groups in total. The maximum absolute atomic E-state index is 10.7. The van der Waals surface area contributed by atoms with Gasteiger partial charge in [-0.1, -0.05) is 0 Å². The fraction of sp³-hybridized carbons (Fsp3) is 0.429. The van der Waals surface area contributed by atoms with E-state index in [0.29, 0.717) is 18.8 Å². The van der Waals surface area contributed by atoms with Gasteiger partial charge in [-0.05, 0) is 13.0 Å². The molecular weight excluding hydrogens is 158 g/mol. The molecule has 1 aromatic heterocycles. The topological polar surface area (TPSA) is 92.0 Å². The minimum atomic E-state index is -0.893. The number of rotatable bonds is 4. The SMILES string of the molecule is NCCC(C(=O)O)c1ncc[nH]1. The minimum Gasteiger partial charge on any atom is -0.481 e. The molecule has 0 fully saturated rings. The van der Waals surface area contributed by atoms with E-state index in [-0.39, 0.29) is 0 Å². The highest BCUT2D eigenvalue weighted by Crippen LogP contribution is 2.14. The van der Waals surface area contributed by atoms with Crippen molar-refractivity contribution in [2.45, 2.75) is 12.3 Å². The van der Waals surface area contributed by atoms with E-state index in [0.717, 1.165) is 0 Å². The van der Waals surface area contributed by atoms with Crippen LogP contribution in [0.15, 0.2) is 12.4 Å². The van der Waals surface area contributed by atoms with E-state index in [2.05, 4.69) is 9.97 Å². The zero-order chi connectivity index (χ0) is 8.97. The Labute approximate surface area is 69.6 Å². The molecule has 0 aliphatic rings. The monoisotopic (exact) mass is 169 g/mol. The van der Waals surface area contributed by atoms with Crippen LogP contribution in [0.25, 0.3) is 0 Å². The van der Waals surface area contributed by atoms with Gasteiger partial charge in [0.05, 0.1) is 0 Å². The first-order chi connectivity index (χ1) is 5.75. The molecule has 1 rings (SSSR count). The lowest BCUT2D eigenvalue weighted by atomic mass is 10.1. The number of nitrogens with two attached hydrogens (primary N) is 1. The molecule has 1 atom stereocenters. The Morgan fingerprint density at radius 1 is 1.83 bits per heavy atom. The van der Waals surface area contributed by atoms with Crippen LogP contribution in [0.3, 0.4) is 0 Å². The van der Waals surface area contributed by atoms with Gasteiger partial charge in [0.25, 0.3) is 0 Å². The van der Waals surface area contributed by atoms with Crippen LogP contribution in [-0.4, -0.2) is 27.6 Å². The van der Waals surface area contributed by atoms with Crippen LogP contribution in [-0.2, 0) is 4.79 Å². The first-order valence-electron chi connectivity index (χ1n) is 3.68. The number of aromatic amines is 1. The molecule has 0 spiro atoms. The molecule has 0 bridgehead atoms. The number of carboxylic acids is 1.